The summed E-state index contributed by atoms with van der Waals surface area (Å²) in [5.41, 5.74) is 6.42. The molecule has 114 valence electrons. The van der Waals surface area contributed by atoms with Gasteiger partial charge in [0.1, 0.15) is 0 Å². The van der Waals surface area contributed by atoms with E-state index in [0.717, 1.165) is 19.3 Å². The number of piperidine rings is 1. The van der Waals surface area contributed by atoms with Gasteiger partial charge >= 0.3 is 0 Å². The summed E-state index contributed by atoms with van der Waals surface area (Å²) in [6.45, 7) is 2.59. The number of rotatable bonds is 4. The number of benzene rings is 1. The minimum absolute atomic E-state index is 0.000191. The molecule has 21 heavy (non-hydrogen) atoms. The molecule has 2 N–H and O–H groups in total. The molecule has 0 aromatic heterocycles. The van der Waals surface area contributed by atoms with Crippen molar-refractivity contribution in [2.45, 2.75) is 44.7 Å². The van der Waals surface area contributed by atoms with Gasteiger partial charge in [0.15, 0.2) is 0 Å². The number of amides is 1. The van der Waals surface area contributed by atoms with Crippen LogP contribution in [0.15, 0.2) is 24.3 Å². The normalized spacial score (nSPS) is 20.1. The second-order valence-electron chi connectivity index (χ2n) is 5.57. The topological polar surface area (TPSA) is 89.5 Å². The molecular formula is C15H21N3O3. The van der Waals surface area contributed by atoms with Gasteiger partial charge in [-0.15, -0.1) is 0 Å². The zero-order valence-electron chi connectivity index (χ0n) is 12.2. The summed E-state index contributed by atoms with van der Waals surface area (Å²) < 4.78 is 0. The fourth-order valence-electron chi connectivity index (χ4n) is 2.92. The summed E-state index contributed by atoms with van der Waals surface area (Å²) in [6.07, 6.45) is 2.99. The molecule has 6 heteroatoms. The molecule has 0 radical (unpaired) electrons. The minimum atomic E-state index is -0.443. The summed E-state index contributed by atoms with van der Waals surface area (Å²) >= 11 is 0. The summed E-state index contributed by atoms with van der Waals surface area (Å²) in [7, 11) is 0. The number of para-hydroxylation sites is 1. The molecular weight excluding hydrogens is 270 g/mol. The van der Waals surface area contributed by atoms with Crippen molar-refractivity contribution in [3.05, 3.63) is 39.9 Å². The van der Waals surface area contributed by atoms with E-state index in [0.29, 0.717) is 12.1 Å². The number of hydrogen-bond donors (Lipinski definition) is 1. The van der Waals surface area contributed by atoms with Crippen LogP contribution in [0.4, 0.5) is 5.69 Å². The van der Waals surface area contributed by atoms with Crippen LogP contribution < -0.4 is 5.73 Å². The van der Waals surface area contributed by atoms with E-state index < -0.39 is 4.92 Å². The first-order chi connectivity index (χ1) is 10.0. The largest absolute Gasteiger partial charge is 0.338 e. The van der Waals surface area contributed by atoms with E-state index >= 15 is 0 Å². The van der Waals surface area contributed by atoms with Crippen molar-refractivity contribution >= 4 is 11.6 Å². The van der Waals surface area contributed by atoms with Crippen LogP contribution in [-0.2, 0) is 11.2 Å². The lowest BCUT2D eigenvalue weighted by molar-refractivity contribution is -0.385. The molecule has 1 aromatic rings. The summed E-state index contributed by atoms with van der Waals surface area (Å²) in [6, 6.07) is 6.35. The molecule has 6 nitrogen and oxygen atoms in total. The molecule has 2 unspecified atom stereocenters. The highest BCUT2D eigenvalue weighted by Crippen LogP contribution is 2.23. The van der Waals surface area contributed by atoms with Crippen LogP contribution in [0.1, 0.15) is 31.7 Å². The number of likely N-dealkylation sites (tertiary alicyclic amines) is 1. The fourth-order valence-corrected chi connectivity index (χ4v) is 2.92. The summed E-state index contributed by atoms with van der Waals surface area (Å²) in [5, 5.41) is 11.0. The van der Waals surface area contributed by atoms with Gasteiger partial charge in [-0.25, -0.2) is 0 Å². The maximum atomic E-state index is 12.5. The Balaban J connectivity index is 2.15. The lowest BCUT2D eigenvalue weighted by Crippen LogP contribution is -2.52. The second-order valence-corrected chi connectivity index (χ2v) is 5.57. The van der Waals surface area contributed by atoms with E-state index in [-0.39, 0.29) is 30.1 Å². The zero-order valence-corrected chi connectivity index (χ0v) is 12.2. The first kappa shape index (κ1) is 15.4. The second kappa shape index (κ2) is 6.67. The number of hydrogen-bond acceptors (Lipinski definition) is 4. The van der Waals surface area contributed by atoms with Crippen molar-refractivity contribution in [3.8, 4) is 0 Å². The number of carbonyl (C=O) groups excluding carboxylic acids is 1. The molecule has 0 spiro atoms. The van der Waals surface area contributed by atoms with E-state index in [4.69, 9.17) is 5.73 Å². The van der Waals surface area contributed by atoms with Crippen LogP contribution in [0.3, 0.4) is 0 Å². The third kappa shape index (κ3) is 3.58. The Morgan fingerprint density at radius 2 is 2.19 bits per heavy atom. The Kier molecular flexibility index (Phi) is 4.90. The van der Waals surface area contributed by atoms with Gasteiger partial charge in [-0.3, -0.25) is 14.9 Å². The minimum Gasteiger partial charge on any atom is -0.338 e. The van der Waals surface area contributed by atoms with Crippen LogP contribution >= 0.6 is 0 Å². The first-order valence-electron chi connectivity index (χ1n) is 7.28. The molecule has 1 aliphatic rings. The van der Waals surface area contributed by atoms with Gasteiger partial charge in [-0.1, -0.05) is 18.2 Å². The fraction of sp³-hybridized carbons (Fsp3) is 0.533. The maximum Gasteiger partial charge on any atom is 0.273 e. The Bertz CT molecular complexity index is 531. The lowest BCUT2D eigenvalue weighted by Gasteiger charge is -2.38. The van der Waals surface area contributed by atoms with Crippen molar-refractivity contribution in [1.82, 2.24) is 4.90 Å². The molecule has 2 atom stereocenters. The molecule has 0 bridgehead atoms. The Morgan fingerprint density at radius 3 is 2.86 bits per heavy atom. The monoisotopic (exact) mass is 291 g/mol. The van der Waals surface area contributed by atoms with E-state index in [1.807, 2.05) is 6.92 Å². The van der Waals surface area contributed by atoms with Crippen LogP contribution in [0.5, 0.6) is 0 Å². The Labute approximate surface area is 124 Å². The average molecular weight is 291 g/mol. The molecule has 1 heterocycles. The van der Waals surface area contributed by atoms with Gasteiger partial charge in [0.25, 0.3) is 5.69 Å². The molecule has 1 aliphatic heterocycles. The quantitative estimate of drug-likeness (QED) is 0.677. The van der Waals surface area contributed by atoms with Gasteiger partial charge in [0.2, 0.25) is 5.91 Å². The van der Waals surface area contributed by atoms with Gasteiger partial charge in [-0.2, -0.15) is 0 Å². The third-order valence-corrected chi connectivity index (χ3v) is 4.01. The van der Waals surface area contributed by atoms with Crippen molar-refractivity contribution in [1.29, 1.82) is 0 Å². The first-order valence-corrected chi connectivity index (χ1v) is 7.28. The Morgan fingerprint density at radius 1 is 1.48 bits per heavy atom. The lowest BCUT2D eigenvalue weighted by atomic mass is 9.96. The maximum absolute atomic E-state index is 12.5. The van der Waals surface area contributed by atoms with E-state index in [9.17, 15) is 14.9 Å². The van der Waals surface area contributed by atoms with Gasteiger partial charge in [-0.05, 0) is 26.2 Å². The van der Waals surface area contributed by atoms with Crippen molar-refractivity contribution < 1.29 is 9.72 Å². The average Bonchev–Trinajstić information content (AvgIpc) is 2.47. The van der Waals surface area contributed by atoms with Gasteiger partial charge in [0.05, 0.1) is 11.3 Å². The summed E-state index contributed by atoms with van der Waals surface area (Å²) in [4.78, 5) is 24.9. The molecule has 0 aliphatic carbocycles. The SMILES string of the molecule is CC(N)C1CCCCN1C(=O)Cc1ccccc1[N+](=O)[O-]. The molecule has 1 saturated heterocycles. The highest BCUT2D eigenvalue weighted by Gasteiger charge is 2.30. The van der Waals surface area contributed by atoms with E-state index in [2.05, 4.69) is 0 Å². The number of nitrogens with two attached hydrogens (primary N) is 1. The predicted molar refractivity (Wildman–Crippen MR) is 79.8 cm³/mol. The van der Waals surface area contributed by atoms with Crippen LogP contribution in [0, 0.1) is 10.1 Å². The predicted octanol–water partition coefficient (Wildman–Crippen LogP) is 1.87. The molecule has 1 fully saturated rings. The standard InChI is InChI=1S/C15H21N3O3/c1-11(16)13-7-4-5-9-17(13)15(19)10-12-6-2-3-8-14(12)18(20)21/h2-3,6,8,11,13H,4-5,7,9-10,16H2,1H3. The van der Waals surface area contributed by atoms with Crippen molar-refractivity contribution in [2.75, 3.05) is 6.54 Å². The van der Waals surface area contributed by atoms with E-state index in [1.54, 1.807) is 23.1 Å². The molecule has 1 aromatic carbocycles. The van der Waals surface area contributed by atoms with Crippen LogP contribution in [0.25, 0.3) is 0 Å². The van der Waals surface area contributed by atoms with Gasteiger partial charge in [0, 0.05) is 30.3 Å². The van der Waals surface area contributed by atoms with Crippen molar-refractivity contribution in [3.63, 3.8) is 0 Å². The smallest absolute Gasteiger partial charge is 0.273 e. The highest BCUT2D eigenvalue weighted by atomic mass is 16.6. The van der Waals surface area contributed by atoms with Crippen LogP contribution in [0.2, 0.25) is 0 Å². The number of nitro groups is 1. The Hall–Kier alpha value is -1.95. The molecule has 1 amide bonds. The third-order valence-electron chi connectivity index (χ3n) is 4.01. The molecule has 0 saturated carbocycles. The van der Waals surface area contributed by atoms with E-state index in [1.165, 1.54) is 6.07 Å². The zero-order chi connectivity index (χ0) is 15.4. The number of nitrogens with zero attached hydrogens (tertiary/aromatic N) is 2. The van der Waals surface area contributed by atoms with Crippen LogP contribution in [-0.4, -0.2) is 34.4 Å². The molecule has 2 rings (SSSR count). The number of nitro benzene ring substituents is 1. The van der Waals surface area contributed by atoms with Gasteiger partial charge < -0.3 is 10.6 Å². The van der Waals surface area contributed by atoms with Crippen molar-refractivity contribution in [2.24, 2.45) is 5.73 Å². The highest BCUT2D eigenvalue weighted by molar-refractivity contribution is 5.80. The summed E-state index contributed by atoms with van der Waals surface area (Å²) in [5.74, 6) is -0.0775. The number of carbonyl (C=O) groups is 1.